The molecule has 2 aromatic rings. The van der Waals surface area contributed by atoms with Crippen LogP contribution in [0.25, 0.3) is 0 Å². The number of hydrogen-bond acceptors (Lipinski definition) is 7. The molecule has 2 aliphatic heterocycles. The van der Waals surface area contributed by atoms with Crippen molar-refractivity contribution in [2.45, 2.75) is 42.8 Å². The van der Waals surface area contributed by atoms with E-state index in [1.54, 1.807) is 18.3 Å². The summed E-state index contributed by atoms with van der Waals surface area (Å²) in [6, 6.07) is 10.5. The number of benzene rings is 1. The lowest BCUT2D eigenvalue weighted by Crippen LogP contribution is -2.44. The Kier molecular flexibility index (Phi) is 8.21. The van der Waals surface area contributed by atoms with E-state index in [2.05, 4.69) is 19.9 Å². The highest BCUT2D eigenvalue weighted by Crippen LogP contribution is 2.29. The Morgan fingerprint density at radius 3 is 2.70 bits per heavy atom. The molecule has 10 heteroatoms. The van der Waals surface area contributed by atoms with Crippen molar-refractivity contribution in [1.29, 1.82) is 0 Å². The molecule has 0 unspecified atom stereocenters. The van der Waals surface area contributed by atoms with E-state index < -0.39 is 10.0 Å². The van der Waals surface area contributed by atoms with Crippen LogP contribution in [0.1, 0.15) is 25.0 Å². The van der Waals surface area contributed by atoms with E-state index in [1.165, 1.54) is 6.07 Å². The van der Waals surface area contributed by atoms with Gasteiger partial charge in [0.25, 0.3) is 0 Å². The number of sulfonamides is 1. The first-order valence-corrected chi connectivity index (χ1v) is 13.2. The van der Waals surface area contributed by atoms with Gasteiger partial charge in [0.05, 0.1) is 34.5 Å². The zero-order valence-electron chi connectivity index (χ0n) is 18.5. The number of pyridine rings is 1. The molecule has 2 fully saturated rings. The minimum Gasteiger partial charge on any atom is -0.396 e. The van der Waals surface area contributed by atoms with Crippen LogP contribution in [0.2, 0.25) is 5.02 Å². The number of piperidine rings is 1. The Balaban J connectivity index is 1.33. The summed E-state index contributed by atoms with van der Waals surface area (Å²) in [5, 5.41) is 13.2. The normalized spacial score (nSPS) is 22.8. The van der Waals surface area contributed by atoms with Gasteiger partial charge in [0.1, 0.15) is 0 Å². The molecule has 2 aliphatic rings. The van der Waals surface area contributed by atoms with Gasteiger partial charge in [-0.1, -0.05) is 17.7 Å². The second kappa shape index (κ2) is 11.1. The van der Waals surface area contributed by atoms with Crippen LogP contribution in [0.5, 0.6) is 0 Å². The molecule has 0 spiro atoms. The monoisotopic (exact) mass is 494 g/mol. The Morgan fingerprint density at radius 2 is 2.00 bits per heavy atom. The molecule has 3 heterocycles. The standard InChI is InChI=1S/C23H31ClN4O4S/c24-21-13-20(4-5-23(21)26-22-8-12-32-16-17(22)15-29)33(30,31)27-18-6-10-28(11-7-18)14-19-3-1-2-9-25-19/h1-5,9,13,17-18,22,26-27,29H,6-8,10-12,14-16H2/t17-,22+/m1/s1. The number of aliphatic hydroxyl groups excluding tert-OH is 1. The number of nitrogens with one attached hydrogen (secondary N) is 2. The van der Waals surface area contributed by atoms with E-state index in [-0.39, 0.29) is 29.5 Å². The van der Waals surface area contributed by atoms with Gasteiger partial charge in [-0.25, -0.2) is 13.1 Å². The van der Waals surface area contributed by atoms with E-state index in [9.17, 15) is 13.5 Å². The van der Waals surface area contributed by atoms with Crippen molar-refractivity contribution in [3.05, 3.63) is 53.3 Å². The molecular formula is C23H31ClN4O4S. The molecule has 8 nitrogen and oxygen atoms in total. The first-order valence-electron chi connectivity index (χ1n) is 11.3. The molecule has 0 saturated carbocycles. The van der Waals surface area contributed by atoms with Gasteiger partial charge in [0.2, 0.25) is 10.0 Å². The SMILES string of the molecule is O=S(=O)(NC1CCN(Cc2ccccn2)CC1)c1ccc(N[C@H]2CCOC[C@H]2CO)c(Cl)c1. The highest BCUT2D eigenvalue weighted by atomic mass is 35.5. The third-order valence-corrected chi connectivity index (χ3v) is 8.15. The quantitative estimate of drug-likeness (QED) is 0.518. The summed E-state index contributed by atoms with van der Waals surface area (Å²) < 4.78 is 34.2. The van der Waals surface area contributed by atoms with Crippen LogP contribution in [-0.2, 0) is 21.3 Å². The Labute approximate surface area is 200 Å². The molecule has 4 rings (SSSR count). The smallest absolute Gasteiger partial charge is 0.240 e. The summed E-state index contributed by atoms with van der Waals surface area (Å²) in [5.74, 6) is -0.0246. The fourth-order valence-corrected chi connectivity index (χ4v) is 5.99. The summed E-state index contributed by atoms with van der Waals surface area (Å²) >= 11 is 6.42. The molecule has 3 N–H and O–H groups in total. The second-order valence-electron chi connectivity index (χ2n) is 8.69. The van der Waals surface area contributed by atoms with Gasteiger partial charge in [-0.05, 0) is 49.6 Å². The van der Waals surface area contributed by atoms with Crippen molar-refractivity contribution in [3.8, 4) is 0 Å². The predicted molar refractivity (Wildman–Crippen MR) is 128 cm³/mol. The van der Waals surface area contributed by atoms with E-state index in [1.807, 2.05) is 18.2 Å². The highest BCUT2D eigenvalue weighted by molar-refractivity contribution is 7.89. The van der Waals surface area contributed by atoms with Gasteiger partial charge < -0.3 is 15.2 Å². The van der Waals surface area contributed by atoms with Crippen molar-refractivity contribution < 1.29 is 18.3 Å². The third-order valence-electron chi connectivity index (χ3n) is 6.32. The van der Waals surface area contributed by atoms with Gasteiger partial charge in [-0.2, -0.15) is 0 Å². The fourth-order valence-electron chi connectivity index (χ4n) is 4.36. The zero-order chi connectivity index (χ0) is 23.3. The van der Waals surface area contributed by atoms with Crippen molar-refractivity contribution >= 4 is 27.3 Å². The largest absolute Gasteiger partial charge is 0.396 e. The number of halogens is 1. The van der Waals surface area contributed by atoms with Crippen LogP contribution in [0.3, 0.4) is 0 Å². The highest BCUT2D eigenvalue weighted by Gasteiger charge is 2.27. The molecule has 180 valence electrons. The maximum atomic E-state index is 13.0. The summed E-state index contributed by atoms with van der Waals surface area (Å²) in [7, 11) is -3.68. The number of hydrogen-bond donors (Lipinski definition) is 3. The topological polar surface area (TPSA) is 104 Å². The number of likely N-dealkylation sites (tertiary alicyclic amines) is 1. The van der Waals surface area contributed by atoms with Crippen LogP contribution >= 0.6 is 11.6 Å². The molecule has 0 bridgehead atoms. The first-order chi connectivity index (χ1) is 15.9. The van der Waals surface area contributed by atoms with E-state index in [0.717, 1.165) is 44.6 Å². The Hall–Kier alpha value is -1.75. The number of aromatic nitrogens is 1. The minimum absolute atomic E-state index is 0.0202. The lowest BCUT2D eigenvalue weighted by molar-refractivity contribution is 0.0226. The average Bonchev–Trinajstić information content (AvgIpc) is 2.82. The molecule has 0 amide bonds. The van der Waals surface area contributed by atoms with Crippen LogP contribution in [0.4, 0.5) is 5.69 Å². The van der Waals surface area contributed by atoms with Gasteiger partial charge in [-0.3, -0.25) is 9.88 Å². The van der Waals surface area contributed by atoms with Crippen molar-refractivity contribution in [2.24, 2.45) is 5.92 Å². The van der Waals surface area contributed by atoms with Crippen LogP contribution in [-0.4, -0.2) is 68.4 Å². The fraction of sp³-hybridized carbons (Fsp3) is 0.522. The number of nitrogens with zero attached hydrogens (tertiary/aromatic N) is 2. The summed E-state index contributed by atoms with van der Waals surface area (Å²) in [4.78, 5) is 6.81. The Morgan fingerprint density at radius 1 is 1.18 bits per heavy atom. The molecule has 2 saturated heterocycles. The van der Waals surface area contributed by atoms with Crippen LogP contribution < -0.4 is 10.0 Å². The van der Waals surface area contributed by atoms with E-state index >= 15 is 0 Å². The molecule has 0 aliphatic carbocycles. The molecule has 1 aromatic carbocycles. The van der Waals surface area contributed by atoms with Crippen molar-refractivity contribution in [3.63, 3.8) is 0 Å². The number of aliphatic hydroxyl groups is 1. The van der Waals surface area contributed by atoms with Gasteiger partial charge in [0, 0.05) is 50.4 Å². The Bertz CT molecular complexity index is 1020. The number of rotatable bonds is 8. The summed E-state index contributed by atoms with van der Waals surface area (Å²) in [6.07, 6.45) is 4.02. The average molecular weight is 495 g/mol. The zero-order valence-corrected chi connectivity index (χ0v) is 20.1. The van der Waals surface area contributed by atoms with Crippen molar-refractivity contribution in [2.75, 3.05) is 38.2 Å². The van der Waals surface area contributed by atoms with Crippen LogP contribution in [0.15, 0.2) is 47.5 Å². The molecule has 0 radical (unpaired) electrons. The van der Waals surface area contributed by atoms with Gasteiger partial charge in [-0.15, -0.1) is 0 Å². The van der Waals surface area contributed by atoms with Crippen LogP contribution in [0, 0.1) is 5.92 Å². The summed E-state index contributed by atoms with van der Waals surface area (Å²) in [6.45, 7) is 3.52. The van der Waals surface area contributed by atoms with Gasteiger partial charge >= 0.3 is 0 Å². The predicted octanol–water partition coefficient (Wildman–Crippen LogP) is 2.49. The lowest BCUT2D eigenvalue weighted by atomic mass is 9.96. The maximum absolute atomic E-state index is 13.0. The second-order valence-corrected chi connectivity index (χ2v) is 10.8. The lowest BCUT2D eigenvalue weighted by Gasteiger charge is -2.32. The summed E-state index contributed by atoms with van der Waals surface area (Å²) in [5.41, 5.74) is 1.68. The third kappa shape index (κ3) is 6.44. The molecule has 33 heavy (non-hydrogen) atoms. The molecular weight excluding hydrogens is 464 g/mol. The van der Waals surface area contributed by atoms with Crippen molar-refractivity contribution in [1.82, 2.24) is 14.6 Å². The minimum atomic E-state index is -3.68. The van der Waals surface area contributed by atoms with Gasteiger partial charge in [0.15, 0.2) is 0 Å². The van der Waals surface area contributed by atoms with E-state index in [0.29, 0.717) is 23.9 Å². The maximum Gasteiger partial charge on any atom is 0.240 e. The number of anilines is 1. The molecule has 2 atom stereocenters. The van der Waals surface area contributed by atoms with E-state index in [4.69, 9.17) is 16.3 Å². The first kappa shape index (κ1) is 24.4. The molecule has 1 aromatic heterocycles. The number of ether oxygens (including phenoxy) is 1.